The molecule has 1 heterocycles. The van der Waals surface area contributed by atoms with Gasteiger partial charge in [-0.25, -0.2) is 13.4 Å². The molecule has 2 aromatic rings. The van der Waals surface area contributed by atoms with Gasteiger partial charge in [0.15, 0.2) is 9.84 Å². The first-order valence-electron chi connectivity index (χ1n) is 6.63. The van der Waals surface area contributed by atoms with E-state index in [4.69, 9.17) is 5.73 Å². The molecule has 2 N–H and O–H groups in total. The van der Waals surface area contributed by atoms with Gasteiger partial charge in [-0.1, -0.05) is 20.8 Å². The van der Waals surface area contributed by atoms with E-state index >= 15 is 0 Å². The van der Waals surface area contributed by atoms with Gasteiger partial charge >= 0.3 is 0 Å². The van der Waals surface area contributed by atoms with Crippen LogP contribution >= 0.6 is 11.3 Å². The van der Waals surface area contributed by atoms with Crippen molar-refractivity contribution >= 4 is 26.9 Å². The van der Waals surface area contributed by atoms with Gasteiger partial charge in [-0.15, -0.1) is 11.3 Å². The Labute approximate surface area is 130 Å². The lowest BCUT2D eigenvalue weighted by molar-refractivity contribution is 0.570. The summed E-state index contributed by atoms with van der Waals surface area (Å²) in [5.41, 5.74) is 7.94. The van der Waals surface area contributed by atoms with E-state index < -0.39 is 9.84 Å². The van der Waals surface area contributed by atoms with Crippen LogP contribution < -0.4 is 5.73 Å². The van der Waals surface area contributed by atoms with Crippen molar-refractivity contribution in [3.05, 3.63) is 39.8 Å². The molecule has 0 spiro atoms. The van der Waals surface area contributed by atoms with Crippen molar-refractivity contribution in [2.24, 2.45) is 0 Å². The topological polar surface area (TPSA) is 73.0 Å². The highest BCUT2D eigenvalue weighted by Crippen LogP contribution is 2.26. The van der Waals surface area contributed by atoms with Crippen LogP contribution in [0.15, 0.2) is 28.5 Å². The molecule has 0 aliphatic carbocycles. The van der Waals surface area contributed by atoms with E-state index in [9.17, 15) is 8.42 Å². The number of aryl methyl sites for hydroxylation is 1. The minimum atomic E-state index is -3.39. The molecule has 6 heteroatoms. The van der Waals surface area contributed by atoms with Crippen molar-refractivity contribution in [3.63, 3.8) is 0 Å². The molecule has 2 rings (SSSR count). The average molecular weight is 324 g/mol. The number of benzene rings is 1. The summed E-state index contributed by atoms with van der Waals surface area (Å²) in [4.78, 5) is 4.74. The van der Waals surface area contributed by atoms with Gasteiger partial charge in [0, 0.05) is 16.5 Å². The summed E-state index contributed by atoms with van der Waals surface area (Å²) in [6.45, 7) is 7.98. The first-order valence-corrected chi connectivity index (χ1v) is 9.16. The second-order valence-corrected chi connectivity index (χ2v) is 9.09. The summed E-state index contributed by atoms with van der Waals surface area (Å²) in [5, 5.41) is 2.55. The maximum absolute atomic E-state index is 12.4. The zero-order valence-corrected chi connectivity index (χ0v) is 14.3. The fourth-order valence-electron chi connectivity index (χ4n) is 1.81. The Morgan fingerprint density at radius 1 is 1.29 bits per heavy atom. The van der Waals surface area contributed by atoms with E-state index in [1.165, 1.54) is 11.3 Å². The van der Waals surface area contributed by atoms with Crippen molar-refractivity contribution < 1.29 is 8.42 Å². The monoisotopic (exact) mass is 324 g/mol. The fraction of sp³-hybridized carbons (Fsp3) is 0.400. The molecule has 1 aromatic heterocycles. The van der Waals surface area contributed by atoms with Crippen LogP contribution in [0, 0.1) is 6.92 Å². The number of nitrogens with two attached hydrogens (primary N) is 1. The number of nitrogens with zero attached hydrogens (tertiary/aromatic N) is 1. The number of rotatable bonds is 3. The van der Waals surface area contributed by atoms with Gasteiger partial charge in [0.25, 0.3) is 0 Å². The second-order valence-electron chi connectivity index (χ2n) is 6.15. The summed E-state index contributed by atoms with van der Waals surface area (Å²) in [7, 11) is -3.39. The minimum absolute atomic E-state index is 0.0723. The molecule has 0 aliphatic rings. The van der Waals surface area contributed by atoms with E-state index in [2.05, 4.69) is 25.8 Å². The third-order valence-corrected chi connectivity index (χ3v) is 5.89. The SMILES string of the molecule is Cc1cc(S(=O)(=O)Cc2nc(C(C)(C)C)cs2)ccc1N. The lowest BCUT2D eigenvalue weighted by atomic mass is 9.93. The normalized spacial score (nSPS) is 12.6. The smallest absolute Gasteiger partial charge is 0.184 e. The first-order chi connectivity index (χ1) is 9.59. The van der Waals surface area contributed by atoms with Gasteiger partial charge in [-0.2, -0.15) is 0 Å². The molecule has 0 radical (unpaired) electrons. The van der Waals surface area contributed by atoms with Crippen LogP contribution in [0.2, 0.25) is 0 Å². The number of anilines is 1. The first kappa shape index (κ1) is 16.0. The van der Waals surface area contributed by atoms with Crippen LogP contribution in [0.5, 0.6) is 0 Å². The summed E-state index contributed by atoms with van der Waals surface area (Å²) >= 11 is 1.39. The van der Waals surface area contributed by atoms with Gasteiger partial charge in [-0.3, -0.25) is 0 Å². The molecule has 0 fully saturated rings. The standard InChI is InChI=1S/C15H20N2O2S2/c1-10-7-11(5-6-12(10)16)21(18,19)9-14-17-13(8-20-14)15(2,3)4/h5-8H,9,16H2,1-4H3. The number of hydrogen-bond acceptors (Lipinski definition) is 5. The Bertz CT molecular complexity index is 756. The number of sulfone groups is 1. The molecule has 0 saturated heterocycles. The van der Waals surface area contributed by atoms with Gasteiger partial charge in [0.2, 0.25) is 0 Å². The molecule has 21 heavy (non-hydrogen) atoms. The van der Waals surface area contributed by atoms with Crippen LogP contribution in [0.25, 0.3) is 0 Å². The van der Waals surface area contributed by atoms with Crippen molar-refractivity contribution in [2.75, 3.05) is 5.73 Å². The number of hydrogen-bond donors (Lipinski definition) is 1. The highest BCUT2D eigenvalue weighted by molar-refractivity contribution is 7.90. The molecule has 0 aliphatic heterocycles. The lowest BCUT2D eigenvalue weighted by Gasteiger charge is -2.14. The van der Waals surface area contributed by atoms with E-state index in [1.807, 2.05) is 5.38 Å². The zero-order valence-electron chi connectivity index (χ0n) is 12.7. The molecule has 0 amide bonds. The van der Waals surface area contributed by atoms with Gasteiger partial charge in [-0.05, 0) is 30.7 Å². The molecule has 114 valence electrons. The van der Waals surface area contributed by atoms with E-state index in [-0.39, 0.29) is 11.2 Å². The lowest BCUT2D eigenvalue weighted by Crippen LogP contribution is -2.12. The number of aromatic nitrogens is 1. The van der Waals surface area contributed by atoms with E-state index in [1.54, 1.807) is 25.1 Å². The van der Waals surface area contributed by atoms with Gasteiger partial charge in [0.05, 0.1) is 10.6 Å². The molecule has 0 bridgehead atoms. The van der Waals surface area contributed by atoms with Crippen LogP contribution in [0.1, 0.15) is 37.0 Å². The number of thiazole rings is 1. The summed E-state index contributed by atoms with van der Waals surface area (Å²) < 4.78 is 24.9. The van der Waals surface area contributed by atoms with Crippen LogP contribution in [-0.4, -0.2) is 13.4 Å². The Kier molecular flexibility index (Phi) is 4.13. The molecular weight excluding hydrogens is 304 g/mol. The highest BCUT2D eigenvalue weighted by Gasteiger charge is 2.21. The summed E-state index contributed by atoms with van der Waals surface area (Å²) in [6.07, 6.45) is 0. The van der Waals surface area contributed by atoms with Crippen LogP contribution in [-0.2, 0) is 21.0 Å². The van der Waals surface area contributed by atoms with Crippen LogP contribution in [0.3, 0.4) is 0 Å². The quantitative estimate of drug-likeness (QED) is 0.879. The zero-order chi connectivity index (χ0) is 15.8. The third kappa shape index (κ3) is 3.63. The molecule has 4 nitrogen and oxygen atoms in total. The van der Waals surface area contributed by atoms with Crippen LogP contribution in [0.4, 0.5) is 5.69 Å². The Morgan fingerprint density at radius 3 is 2.48 bits per heavy atom. The molecular formula is C15H20N2O2S2. The molecule has 0 saturated carbocycles. The Balaban J connectivity index is 2.29. The largest absolute Gasteiger partial charge is 0.399 e. The summed E-state index contributed by atoms with van der Waals surface area (Å²) in [5.74, 6) is -0.0723. The average Bonchev–Trinajstić information content (AvgIpc) is 2.80. The molecule has 0 atom stereocenters. The predicted molar refractivity (Wildman–Crippen MR) is 87.3 cm³/mol. The third-order valence-electron chi connectivity index (χ3n) is 3.23. The van der Waals surface area contributed by atoms with E-state index in [0.29, 0.717) is 15.6 Å². The highest BCUT2D eigenvalue weighted by atomic mass is 32.2. The van der Waals surface area contributed by atoms with Crippen molar-refractivity contribution in [1.29, 1.82) is 0 Å². The van der Waals surface area contributed by atoms with Gasteiger partial charge < -0.3 is 5.73 Å². The summed E-state index contributed by atoms with van der Waals surface area (Å²) in [6, 6.07) is 4.80. The van der Waals surface area contributed by atoms with E-state index in [0.717, 1.165) is 11.3 Å². The second kappa shape index (κ2) is 5.42. The maximum Gasteiger partial charge on any atom is 0.184 e. The Hall–Kier alpha value is -1.40. The number of nitrogen functional groups attached to an aromatic ring is 1. The van der Waals surface area contributed by atoms with Crippen molar-refractivity contribution in [1.82, 2.24) is 4.98 Å². The fourth-order valence-corrected chi connectivity index (χ4v) is 4.54. The van der Waals surface area contributed by atoms with Crippen molar-refractivity contribution in [2.45, 2.75) is 43.8 Å². The van der Waals surface area contributed by atoms with Gasteiger partial charge in [0.1, 0.15) is 10.8 Å². The van der Waals surface area contributed by atoms with Crippen molar-refractivity contribution in [3.8, 4) is 0 Å². The Morgan fingerprint density at radius 2 is 1.95 bits per heavy atom. The maximum atomic E-state index is 12.4. The predicted octanol–water partition coefficient (Wildman–Crippen LogP) is 3.31. The molecule has 0 unspecified atom stereocenters. The molecule has 1 aromatic carbocycles. The minimum Gasteiger partial charge on any atom is -0.399 e.